The number of aryl methyl sites for hydroxylation is 2. The average Bonchev–Trinajstić information content (AvgIpc) is 2.93. The molecule has 12 heteroatoms. The first-order valence-electron chi connectivity index (χ1n) is 9.14. The van der Waals surface area contributed by atoms with Crippen LogP contribution in [0, 0.1) is 13.8 Å². The number of nitrogens with one attached hydrogen (secondary N) is 1. The van der Waals surface area contributed by atoms with E-state index in [-0.39, 0.29) is 18.1 Å². The molecule has 1 aromatic rings. The monoisotopic (exact) mass is 437 g/mol. The SMILES string of the molecule is CC(=O)OCC1=C(C(=O)O)N2C(=O)[C@@H](NC(=O)C(N)c3c(C)nn(C)c3C)[C@H]2SC1. The number of aliphatic carboxylic acids is 1. The van der Waals surface area contributed by atoms with E-state index in [2.05, 4.69) is 10.4 Å². The van der Waals surface area contributed by atoms with Crippen molar-refractivity contribution in [3.05, 3.63) is 28.2 Å². The van der Waals surface area contributed by atoms with Crippen LogP contribution in [0.25, 0.3) is 0 Å². The molecule has 0 spiro atoms. The van der Waals surface area contributed by atoms with Crippen LogP contribution in [0.4, 0.5) is 0 Å². The molecule has 2 aliphatic heterocycles. The second-order valence-corrected chi connectivity index (χ2v) is 8.22. The smallest absolute Gasteiger partial charge is 0.352 e. The summed E-state index contributed by atoms with van der Waals surface area (Å²) >= 11 is 1.29. The van der Waals surface area contributed by atoms with Crippen LogP contribution in [0.1, 0.15) is 29.9 Å². The van der Waals surface area contributed by atoms with Crippen LogP contribution in [-0.2, 0) is 31.0 Å². The fourth-order valence-electron chi connectivity index (χ4n) is 3.60. The number of nitrogens with two attached hydrogens (primary N) is 1. The molecule has 0 radical (unpaired) electrons. The minimum absolute atomic E-state index is 0.206. The Labute approximate surface area is 176 Å². The highest BCUT2D eigenvalue weighted by Gasteiger charge is 2.54. The number of hydrogen-bond acceptors (Lipinski definition) is 8. The van der Waals surface area contributed by atoms with Gasteiger partial charge >= 0.3 is 11.9 Å². The number of thioether (sulfide) groups is 1. The molecule has 0 saturated carbocycles. The molecule has 1 aromatic heterocycles. The Morgan fingerprint density at radius 3 is 2.60 bits per heavy atom. The molecule has 3 heterocycles. The van der Waals surface area contributed by atoms with Crippen LogP contribution in [0.5, 0.6) is 0 Å². The fourth-order valence-corrected chi connectivity index (χ4v) is 4.92. The largest absolute Gasteiger partial charge is 0.477 e. The van der Waals surface area contributed by atoms with Gasteiger partial charge in [-0.3, -0.25) is 24.0 Å². The van der Waals surface area contributed by atoms with Crippen molar-refractivity contribution in [2.45, 2.75) is 38.2 Å². The lowest BCUT2D eigenvalue weighted by Crippen LogP contribution is -2.71. The summed E-state index contributed by atoms with van der Waals surface area (Å²) in [6.07, 6.45) is 0. The highest BCUT2D eigenvalue weighted by Crippen LogP contribution is 2.40. The standard InChI is InChI=1S/C18H23N5O6S/c1-7-11(8(2)22(4)21-7)12(19)15(25)20-13-16(26)23-14(18(27)28)10(5-29-9(3)24)6-30-17(13)23/h12-13,17H,5-6,19H2,1-4H3,(H,20,25)(H,27,28)/t12?,13-,17-/m1/s1. The third-order valence-corrected chi connectivity index (χ3v) is 6.50. The van der Waals surface area contributed by atoms with Gasteiger partial charge in [0.15, 0.2) is 0 Å². The van der Waals surface area contributed by atoms with Crippen LogP contribution in [-0.4, -0.2) is 67.3 Å². The third-order valence-electron chi connectivity index (χ3n) is 5.16. The Morgan fingerprint density at radius 1 is 1.40 bits per heavy atom. The Bertz CT molecular complexity index is 971. The van der Waals surface area contributed by atoms with E-state index in [4.69, 9.17) is 10.5 Å². The first kappa shape index (κ1) is 21.8. The molecule has 162 valence electrons. The van der Waals surface area contributed by atoms with Gasteiger partial charge in [0.05, 0.1) is 5.69 Å². The molecule has 1 saturated heterocycles. The van der Waals surface area contributed by atoms with Crippen LogP contribution in [0.2, 0.25) is 0 Å². The van der Waals surface area contributed by atoms with Crippen molar-refractivity contribution in [3.63, 3.8) is 0 Å². The second kappa shape index (κ2) is 8.11. The molecule has 0 aliphatic carbocycles. The van der Waals surface area contributed by atoms with E-state index >= 15 is 0 Å². The van der Waals surface area contributed by atoms with Gasteiger partial charge in [0, 0.05) is 36.6 Å². The zero-order valence-electron chi connectivity index (χ0n) is 17.0. The molecule has 3 atom stereocenters. The summed E-state index contributed by atoms with van der Waals surface area (Å²) in [4.78, 5) is 49.3. The zero-order valence-corrected chi connectivity index (χ0v) is 17.8. The molecule has 2 amide bonds. The fraction of sp³-hybridized carbons (Fsp3) is 0.500. The number of esters is 1. The Morgan fingerprint density at radius 2 is 2.07 bits per heavy atom. The number of rotatable bonds is 6. The third kappa shape index (κ3) is 3.67. The van der Waals surface area contributed by atoms with E-state index in [0.29, 0.717) is 16.8 Å². The van der Waals surface area contributed by atoms with Crippen molar-refractivity contribution in [1.82, 2.24) is 20.0 Å². The summed E-state index contributed by atoms with van der Waals surface area (Å²) in [5.41, 5.74) is 8.19. The molecule has 4 N–H and O–H groups in total. The van der Waals surface area contributed by atoms with Crippen molar-refractivity contribution in [3.8, 4) is 0 Å². The van der Waals surface area contributed by atoms with Crippen molar-refractivity contribution in [2.75, 3.05) is 12.4 Å². The topological polar surface area (TPSA) is 157 Å². The lowest BCUT2D eigenvalue weighted by atomic mass is 10.0. The minimum atomic E-state index is -1.29. The number of carbonyl (C=O) groups is 4. The normalized spacial score (nSPS) is 21.6. The van der Waals surface area contributed by atoms with Crippen LogP contribution >= 0.6 is 11.8 Å². The number of hydrogen-bond donors (Lipinski definition) is 3. The molecular weight excluding hydrogens is 414 g/mol. The maximum Gasteiger partial charge on any atom is 0.352 e. The van der Waals surface area contributed by atoms with E-state index in [1.54, 1.807) is 25.6 Å². The number of fused-ring (bicyclic) bond motifs is 1. The summed E-state index contributed by atoms with van der Waals surface area (Å²) in [6, 6.07) is -1.90. The molecule has 1 unspecified atom stereocenters. The molecule has 3 rings (SSSR count). The molecule has 2 aliphatic rings. The maximum atomic E-state index is 12.7. The van der Waals surface area contributed by atoms with Gasteiger partial charge in [-0.25, -0.2) is 4.79 Å². The van der Waals surface area contributed by atoms with Crippen molar-refractivity contribution in [1.29, 1.82) is 0 Å². The minimum Gasteiger partial charge on any atom is -0.477 e. The van der Waals surface area contributed by atoms with Crippen LogP contribution in [0.15, 0.2) is 11.3 Å². The van der Waals surface area contributed by atoms with E-state index in [1.165, 1.54) is 18.7 Å². The summed E-state index contributed by atoms with van der Waals surface area (Å²) in [6.45, 7) is 4.55. The molecule has 1 fully saturated rings. The summed E-state index contributed by atoms with van der Waals surface area (Å²) in [5.74, 6) is -2.68. The molecule has 0 aromatic carbocycles. The Hall–Kier alpha value is -2.86. The number of nitrogens with zero attached hydrogens (tertiary/aromatic N) is 3. The van der Waals surface area contributed by atoms with Gasteiger partial charge in [-0.05, 0) is 13.8 Å². The lowest BCUT2D eigenvalue weighted by Gasteiger charge is -2.49. The molecular formula is C18H23N5O6S. The molecule has 11 nitrogen and oxygen atoms in total. The number of ether oxygens (including phenoxy) is 1. The maximum absolute atomic E-state index is 12.7. The highest BCUT2D eigenvalue weighted by molar-refractivity contribution is 8.00. The first-order chi connectivity index (χ1) is 14.0. The Balaban J connectivity index is 1.75. The first-order valence-corrected chi connectivity index (χ1v) is 10.2. The predicted octanol–water partition coefficient (Wildman–Crippen LogP) is -0.662. The molecule has 0 bridgehead atoms. The lowest BCUT2D eigenvalue weighted by molar-refractivity contribution is -0.151. The average molecular weight is 437 g/mol. The van der Waals surface area contributed by atoms with Gasteiger partial charge in [0.25, 0.3) is 5.91 Å². The van der Waals surface area contributed by atoms with Gasteiger partial charge in [0.1, 0.15) is 29.8 Å². The number of amides is 2. The Kier molecular flexibility index (Phi) is 5.90. The number of aromatic nitrogens is 2. The van der Waals surface area contributed by atoms with Crippen molar-refractivity contribution < 1.29 is 29.0 Å². The summed E-state index contributed by atoms with van der Waals surface area (Å²) in [5, 5.41) is 15.9. The summed E-state index contributed by atoms with van der Waals surface area (Å²) < 4.78 is 6.52. The quantitative estimate of drug-likeness (QED) is 0.388. The van der Waals surface area contributed by atoms with Gasteiger partial charge < -0.3 is 20.9 Å². The van der Waals surface area contributed by atoms with Crippen LogP contribution in [0.3, 0.4) is 0 Å². The number of carbonyl (C=O) groups excluding carboxylic acids is 3. The van der Waals surface area contributed by atoms with E-state index in [1.807, 2.05) is 0 Å². The predicted molar refractivity (Wildman–Crippen MR) is 106 cm³/mol. The van der Waals surface area contributed by atoms with Crippen molar-refractivity contribution >= 4 is 35.5 Å². The van der Waals surface area contributed by atoms with Crippen LogP contribution < -0.4 is 11.1 Å². The van der Waals surface area contributed by atoms with Gasteiger partial charge in [-0.2, -0.15) is 5.10 Å². The van der Waals surface area contributed by atoms with E-state index in [0.717, 1.165) is 10.6 Å². The van der Waals surface area contributed by atoms with E-state index < -0.39 is 41.2 Å². The second-order valence-electron chi connectivity index (χ2n) is 7.12. The van der Waals surface area contributed by atoms with Gasteiger partial charge in [-0.1, -0.05) is 0 Å². The zero-order chi connectivity index (χ0) is 22.3. The number of β-lactam (4-membered cyclic amide) rings is 1. The van der Waals surface area contributed by atoms with Gasteiger partial charge in [-0.15, -0.1) is 11.8 Å². The van der Waals surface area contributed by atoms with Crippen molar-refractivity contribution in [2.24, 2.45) is 12.8 Å². The van der Waals surface area contributed by atoms with E-state index in [9.17, 15) is 24.3 Å². The number of carboxylic acid groups (broad SMARTS) is 1. The highest BCUT2D eigenvalue weighted by atomic mass is 32.2. The van der Waals surface area contributed by atoms with Gasteiger partial charge in [0.2, 0.25) is 5.91 Å². The number of carboxylic acids is 1. The summed E-state index contributed by atoms with van der Waals surface area (Å²) in [7, 11) is 1.75. The molecule has 30 heavy (non-hydrogen) atoms.